The number of carbonyl (C=O) groups is 1. The minimum absolute atomic E-state index is 0.0468. The molecule has 2 aromatic heterocycles. The zero-order valence-corrected chi connectivity index (χ0v) is 13.5. The molecule has 1 amide bonds. The maximum absolute atomic E-state index is 12.1. The standard InChI is InChI=1S/C16H20N4O4/c1-11-19-15(24-20-11)3-2-7-17-16(21)12-4-5-14(18-9-12)23-13-6-8-22-10-13/h4-5,9,13H,2-3,6-8,10H2,1H3,(H,17,21)/t13-/m0/s1. The van der Waals surface area contributed by atoms with Crippen molar-refractivity contribution < 1.29 is 18.8 Å². The molecule has 3 heterocycles. The molecule has 1 fully saturated rings. The Bertz CT molecular complexity index is 665. The highest BCUT2D eigenvalue weighted by Gasteiger charge is 2.17. The number of pyridine rings is 1. The minimum atomic E-state index is -0.167. The molecule has 0 spiro atoms. The maximum atomic E-state index is 12.1. The van der Waals surface area contributed by atoms with Crippen molar-refractivity contribution in [3.63, 3.8) is 0 Å². The van der Waals surface area contributed by atoms with Crippen LogP contribution in [0.2, 0.25) is 0 Å². The van der Waals surface area contributed by atoms with Crippen LogP contribution >= 0.6 is 0 Å². The monoisotopic (exact) mass is 332 g/mol. The van der Waals surface area contributed by atoms with Gasteiger partial charge in [-0.2, -0.15) is 4.98 Å². The first-order valence-corrected chi connectivity index (χ1v) is 7.98. The second-order valence-electron chi connectivity index (χ2n) is 5.58. The zero-order chi connectivity index (χ0) is 16.8. The quantitative estimate of drug-likeness (QED) is 0.763. The van der Waals surface area contributed by atoms with Gasteiger partial charge in [0.05, 0.1) is 18.8 Å². The molecule has 0 radical (unpaired) electrons. The van der Waals surface area contributed by atoms with Crippen LogP contribution in [-0.4, -0.2) is 46.9 Å². The maximum Gasteiger partial charge on any atom is 0.252 e. The van der Waals surface area contributed by atoms with E-state index in [2.05, 4.69) is 20.4 Å². The molecule has 0 aromatic carbocycles. The van der Waals surface area contributed by atoms with Crippen LogP contribution < -0.4 is 10.1 Å². The van der Waals surface area contributed by atoms with Gasteiger partial charge in [0, 0.05) is 31.6 Å². The number of amides is 1. The average molecular weight is 332 g/mol. The number of rotatable bonds is 7. The Kier molecular flexibility index (Phi) is 5.37. The van der Waals surface area contributed by atoms with Gasteiger partial charge in [-0.1, -0.05) is 5.16 Å². The first-order valence-electron chi connectivity index (χ1n) is 7.98. The number of ether oxygens (including phenoxy) is 2. The Morgan fingerprint density at radius 2 is 2.38 bits per heavy atom. The molecule has 3 rings (SSSR count). The summed E-state index contributed by atoms with van der Waals surface area (Å²) in [5.74, 6) is 1.54. The molecule has 128 valence electrons. The van der Waals surface area contributed by atoms with Crippen LogP contribution in [0.3, 0.4) is 0 Å². The molecule has 1 atom stereocenters. The topological polar surface area (TPSA) is 99.4 Å². The van der Waals surface area contributed by atoms with Gasteiger partial charge in [0.25, 0.3) is 5.91 Å². The fourth-order valence-electron chi connectivity index (χ4n) is 2.35. The lowest BCUT2D eigenvalue weighted by Crippen LogP contribution is -2.25. The van der Waals surface area contributed by atoms with Gasteiger partial charge in [0.1, 0.15) is 6.10 Å². The third-order valence-corrected chi connectivity index (χ3v) is 3.60. The highest BCUT2D eigenvalue weighted by atomic mass is 16.5. The molecule has 2 aromatic rings. The van der Waals surface area contributed by atoms with Crippen molar-refractivity contribution >= 4 is 5.91 Å². The van der Waals surface area contributed by atoms with Crippen molar-refractivity contribution in [1.82, 2.24) is 20.4 Å². The van der Waals surface area contributed by atoms with E-state index in [0.717, 1.165) is 12.8 Å². The second kappa shape index (κ2) is 7.87. The predicted octanol–water partition coefficient (Wildman–Crippen LogP) is 1.30. The van der Waals surface area contributed by atoms with Crippen molar-refractivity contribution in [1.29, 1.82) is 0 Å². The van der Waals surface area contributed by atoms with Gasteiger partial charge < -0.3 is 19.3 Å². The SMILES string of the molecule is Cc1noc(CCCNC(=O)c2ccc(O[C@H]3CCOC3)nc2)n1. The van der Waals surface area contributed by atoms with E-state index in [1.54, 1.807) is 19.1 Å². The van der Waals surface area contributed by atoms with Gasteiger partial charge in [-0.15, -0.1) is 0 Å². The van der Waals surface area contributed by atoms with Gasteiger partial charge in [-0.25, -0.2) is 4.98 Å². The van der Waals surface area contributed by atoms with Gasteiger partial charge >= 0.3 is 0 Å². The third-order valence-electron chi connectivity index (χ3n) is 3.60. The third kappa shape index (κ3) is 4.51. The number of aromatic nitrogens is 3. The van der Waals surface area contributed by atoms with Crippen LogP contribution in [0.15, 0.2) is 22.9 Å². The van der Waals surface area contributed by atoms with E-state index in [4.69, 9.17) is 14.0 Å². The van der Waals surface area contributed by atoms with Gasteiger partial charge in [0.2, 0.25) is 11.8 Å². The number of hydrogen-bond acceptors (Lipinski definition) is 7. The summed E-state index contributed by atoms with van der Waals surface area (Å²) in [5, 5.41) is 6.56. The largest absolute Gasteiger partial charge is 0.472 e. The number of hydrogen-bond donors (Lipinski definition) is 1. The molecule has 8 nitrogen and oxygen atoms in total. The van der Waals surface area contributed by atoms with Crippen LogP contribution in [-0.2, 0) is 11.2 Å². The van der Waals surface area contributed by atoms with Crippen LogP contribution in [0.1, 0.15) is 34.9 Å². The molecule has 0 bridgehead atoms. The Morgan fingerprint density at radius 1 is 1.46 bits per heavy atom. The van der Waals surface area contributed by atoms with Crippen LogP contribution in [0.5, 0.6) is 5.88 Å². The van der Waals surface area contributed by atoms with E-state index < -0.39 is 0 Å². The normalized spacial score (nSPS) is 17.0. The molecule has 0 saturated carbocycles. The molecular formula is C16H20N4O4. The lowest BCUT2D eigenvalue weighted by atomic mass is 10.2. The van der Waals surface area contributed by atoms with Crippen molar-refractivity contribution in [3.8, 4) is 5.88 Å². The molecule has 0 aliphatic carbocycles. The lowest BCUT2D eigenvalue weighted by molar-refractivity contribution is 0.0952. The van der Waals surface area contributed by atoms with Crippen LogP contribution in [0.25, 0.3) is 0 Å². The predicted molar refractivity (Wildman–Crippen MR) is 83.8 cm³/mol. The summed E-state index contributed by atoms with van der Waals surface area (Å²) in [4.78, 5) is 20.3. The van der Waals surface area contributed by atoms with Crippen molar-refractivity contribution in [2.75, 3.05) is 19.8 Å². The van der Waals surface area contributed by atoms with E-state index in [-0.39, 0.29) is 12.0 Å². The Hall–Kier alpha value is -2.48. The van der Waals surface area contributed by atoms with Crippen molar-refractivity contribution in [2.24, 2.45) is 0 Å². The fraction of sp³-hybridized carbons (Fsp3) is 0.500. The highest BCUT2D eigenvalue weighted by molar-refractivity contribution is 5.93. The van der Waals surface area contributed by atoms with Gasteiger partial charge in [-0.3, -0.25) is 4.79 Å². The summed E-state index contributed by atoms with van der Waals surface area (Å²) in [6, 6.07) is 3.41. The van der Waals surface area contributed by atoms with E-state index >= 15 is 0 Å². The summed E-state index contributed by atoms with van der Waals surface area (Å²) in [7, 11) is 0. The second-order valence-corrected chi connectivity index (χ2v) is 5.58. The molecule has 24 heavy (non-hydrogen) atoms. The summed E-state index contributed by atoms with van der Waals surface area (Å²) >= 11 is 0. The van der Waals surface area contributed by atoms with Gasteiger partial charge in [-0.05, 0) is 19.4 Å². The molecule has 0 unspecified atom stereocenters. The van der Waals surface area contributed by atoms with Crippen molar-refractivity contribution in [3.05, 3.63) is 35.6 Å². The zero-order valence-electron chi connectivity index (χ0n) is 13.5. The lowest BCUT2D eigenvalue weighted by Gasteiger charge is -2.11. The van der Waals surface area contributed by atoms with Crippen LogP contribution in [0, 0.1) is 6.92 Å². The Labute approximate surface area is 139 Å². The van der Waals surface area contributed by atoms with Crippen molar-refractivity contribution in [2.45, 2.75) is 32.3 Å². The minimum Gasteiger partial charge on any atom is -0.472 e. The van der Waals surface area contributed by atoms with E-state index in [9.17, 15) is 4.79 Å². The van der Waals surface area contributed by atoms with E-state index in [1.165, 1.54) is 6.20 Å². The smallest absolute Gasteiger partial charge is 0.252 e. The number of aryl methyl sites for hydroxylation is 2. The first kappa shape index (κ1) is 16.4. The fourth-order valence-corrected chi connectivity index (χ4v) is 2.35. The summed E-state index contributed by atoms with van der Waals surface area (Å²) < 4.78 is 15.9. The molecule has 1 saturated heterocycles. The summed E-state index contributed by atoms with van der Waals surface area (Å²) in [5.41, 5.74) is 0.499. The molecule has 1 N–H and O–H groups in total. The molecular weight excluding hydrogens is 312 g/mol. The van der Waals surface area contributed by atoms with Crippen LogP contribution in [0.4, 0.5) is 0 Å². The Morgan fingerprint density at radius 3 is 3.04 bits per heavy atom. The molecule has 1 aliphatic heterocycles. The highest BCUT2D eigenvalue weighted by Crippen LogP contribution is 2.14. The Balaban J connectivity index is 1.41. The number of nitrogens with one attached hydrogen (secondary N) is 1. The number of nitrogens with zero attached hydrogens (tertiary/aromatic N) is 3. The first-order chi connectivity index (χ1) is 11.7. The number of carbonyl (C=O) groups excluding carboxylic acids is 1. The van der Waals surface area contributed by atoms with E-state index in [1.807, 2.05) is 0 Å². The summed E-state index contributed by atoms with van der Waals surface area (Å²) in [6.07, 6.45) is 3.79. The molecule has 1 aliphatic rings. The van der Waals surface area contributed by atoms with Gasteiger partial charge in [0.15, 0.2) is 5.82 Å². The van der Waals surface area contributed by atoms with E-state index in [0.29, 0.717) is 49.3 Å². The average Bonchev–Trinajstić information content (AvgIpc) is 3.24. The molecule has 8 heteroatoms. The summed E-state index contributed by atoms with van der Waals surface area (Å²) in [6.45, 7) is 3.60.